The third kappa shape index (κ3) is 4.65. The van der Waals surface area contributed by atoms with E-state index < -0.39 is 0 Å². The van der Waals surface area contributed by atoms with Gasteiger partial charge in [0.2, 0.25) is 11.1 Å². The maximum atomic E-state index is 12.1. The van der Waals surface area contributed by atoms with Crippen molar-refractivity contribution in [1.29, 1.82) is 0 Å². The number of benzene rings is 1. The van der Waals surface area contributed by atoms with Crippen LogP contribution in [-0.2, 0) is 17.8 Å². The average Bonchev–Trinajstić information content (AvgIpc) is 3.38. The number of carbonyl (C=O) groups excluding carboxylic acids is 1. The molecule has 0 saturated heterocycles. The predicted molar refractivity (Wildman–Crippen MR) is 116 cm³/mol. The van der Waals surface area contributed by atoms with Crippen molar-refractivity contribution < 1.29 is 4.79 Å². The Morgan fingerprint density at radius 3 is 2.72 bits per heavy atom. The van der Waals surface area contributed by atoms with E-state index in [0.717, 1.165) is 28.2 Å². The highest BCUT2D eigenvalue weighted by molar-refractivity contribution is 7.99. The van der Waals surface area contributed by atoms with Gasteiger partial charge in [0.1, 0.15) is 0 Å². The fourth-order valence-electron chi connectivity index (χ4n) is 3.09. The topological polar surface area (TPSA) is 72.2 Å². The Kier molecular flexibility index (Phi) is 5.92. The summed E-state index contributed by atoms with van der Waals surface area (Å²) in [5.74, 6) is 0.808. The van der Waals surface area contributed by atoms with Gasteiger partial charge in [-0.15, -0.1) is 16.4 Å². The fraction of sp³-hybridized carbons (Fsp3) is 0.238. The molecule has 0 radical (unpaired) electrons. The van der Waals surface area contributed by atoms with Gasteiger partial charge in [0.05, 0.1) is 12.3 Å². The van der Waals surface area contributed by atoms with Gasteiger partial charge in [-0.25, -0.2) is 9.50 Å². The van der Waals surface area contributed by atoms with Crippen LogP contribution in [0.15, 0.2) is 53.0 Å². The molecule has 0 unspecified atom stereocenters. The molecule has 148 valence electrons. The zero-order valence-corrected chi connectivity index (χ0v) is 17.9. The minimum Gasteiger partial charge on any atom is -0.350 e. The van der Waals surface area contributed by atoms with Gasteiger partial charge in [-0.2, -0.15) is 4.98 Å². The fourth-order valence-corrected chi connectivity index (χ4v) is 4.38. The second kappa shape index (κ2) is 8.75. The van der Waals surface area contributed by atoms with Crippen LogP contribution in [0.1, 0.15) is 27.4 Å². The third-order valence-electron chi connectivity index (χ3n) is 4.63. The van der Waals surface area contributed by atoms with Crippen molar-refractivity contribution >= 4 is 34.8 Å². The van der Waals surface area contributed by atoms with Crippen molar-refractivity contribution in [2.45, 2.75) is 32.0 Å². The Bertz CT molecular complexity index is 1120. The van der Waals surface area contributed by atoms with Crippen LogP contribution in [0.25, 0.3) is 5.78 Å². The SMILES string of the molecule is Cc1nc2nc(SCC(=O)NCc3cccs3)nn2c(C)c1Cc1ccccc1. The Morgan fingerprint density at radius 1 is 1.14 bits per heavy atom. The van der Waals surface area contributed by atoms with E-state index in [1.54, 1.807) is 15.9 Å². The minimum absolute atomic E-state index is 0.0344. The molecule has 1 amide bonds. The molecule has 0 saturated carbocycles. The second-order valence-electron chi connectivity index (χ2n) is 6.67. The third-order valence-corrected chi connectivity index (χ3v) is 6.34. The first-order valence-corrected chi connectivity index (χ1v) is 11.2. The highest BCUT2D eigenvalue weighted by Crippen LogP contribution is 2.20. The van der Waals surface area contributed by atoms with Crippen LogP contribution in [-0.4, -0.2) is 31.2 Å². The summed E-state index contributed by atoms with van der Waals surface area (Å²) < 4.78 is 1.77. The van der Waals surface area contributed by atoms with Crippen LogP contribution in [0.5, 0.6) is 0 Å². The molecular weight excluding hydrogens is 402 g/mol. The zero-order chi connectivity index (χ0) is 20.2. The van der Waals surface area contributed by atoms with E-state index in [4.69, 9.17) is 0 Å². The number of carbonyl (C=O) groups is 1. The molecule has 4 rings (SSSR count). The quantitative estimate of drug-likeness (QED) is 0.458. The number of nitrogens with one attached hydrogen (secondary N) is 1. The summed E-state index contributed by atoms with van der Waals surface area (Å²) in [5.41, 5.74) is 4.37. The zero-order valence-electron chi connectivity index (χ0n) is 16.3. The highest BCUT2D eigenvalue weighted by Gasteiger charge is 2.15. The highest BCUT2D eigenvalue weighted by atomic mass is 32.2. The first-order valence-electron chi connectivity index (χ1n) is 9.29. The van der Waals surface area contributed by atoms with Crippen LogP contribution in [0.4, 0.5) is 0 Å². The number of aromatic nitrogens is 4. The van der Waals surface area contributed by atoms with Crippen molar-refractivity contribution in [3.05, 3.63) is 75.2 Å². The van der Waals surface area contributed by atoms with Crippen LogP contribution >= 0.6 is 23.1 Å². The number of rotatable bonds is 7. The van der Waals surface area contributed by atoms with E-state index in [1.165, 1.54) is 17.3 Å². The number of nitrogens with zero attached hydrogens (tertiary/aromatic N) is 4. The molecule has 6 nitrogen and oxygen atoms in total. The number of hydrogen-bond acceptors (Lipinski definition) is 6. The molecule has 1 aromatic carbocycles. The van der Waals surface area contributed by atoms with Gasteiger partial charge < -0.3 is 5.32 Å². The normalized spacial score (nSPS) is 11.1. The Labute approximate surface area is 177 Å². The van der Waals surface area contributed by atoms with Crippen LogP contribution in [0, 0.1) is 13.8 Å². The molecule has 0 aliphatic rings. The maximum Gasteiger partial charge on any atom is 0.253 e. The monoisotopic (exact) mass is 423 g/mol. The van der Waals surface area contributed by atoms with E-state index >= 15 is 0 Å². The number of thioether (sulfide) groups is 1. The lowest BCUT2D eigenvalue weighted by atomic mass is 10.0. The summed E-state index contributed by atoms with van der Waals surface area (Å²) in [6.07, 6.45) is 0.801. The smallest absolute Gasteiger partial charge is 0.253 e. The lowest BCUT2D eigenvalue weighted by molar-refractivity contribution is -0.118. The van der Waals surface area contributed by atoms with E-state index in [0.29, 0.717) is 17.5 Å². The van der Waals surface area contributed by atoms with Gasteiger partial charge in [-0.05, 0) is 36.4 Å². The Hall–Kier alpha value is -2.71. The van der Waals surface area contributed by atoms with Crippen LogP contribution in [0.2, 0.25) is 0 Å². The lowest BCUT2D eigenvalue weighted by Gasteiger charge is -2.10. The number of aryl methyl sites for hydroxylation is 2. The summed E-state index contributed by atoms with van der Waals surface area (Å²) in [6, 6.07) is 14.3. The predicted octanol–water partition coefficient (Wildman–Crippen LogP) is 3.80. The number of fused-ring (bicyclic) bond motifs is 1. The Balaban J connectivity index is 1.46. The Morgan fingerprint density at radius 2 is 1.97 bits per heavy atom. The summed E-state index contributed by atoms with van der Waals surface area (Å²) in [4.78, 5) is 22.4. The molecule has 3 aromatic heterocycles. The number of hydrogen-bond donors (Lipinski definition) is 1. The van der Waals surface area contributed by atoms with Crippen molar-refractivity contribution in [3.8, 4) is 0 Å². The summed E-state index contributed by atoms with van der Waals surface area (Å²) in [5, 5.41) is 10.0. The van der Waals surface area contributed by atoms with Crippen molar-refractivity contribution in [3.63, 3.8) is 0 Å². The molecule has 1 N–H and O–H groups in total. The molecule has 0 bridgehead atoms. The largest absolute Gasteiger partial charge is 0.350 e. The van der Waals surface area contributed by atoms with Crippen molar-refractivity contribution in [2.24, 2.45) is 0 Å². The number of thiophene rings is 1. The summed E-state index contributed by atoms with van der Waals surface area (Å²) >= 11 is 2.95. The van der Waals surface area contributed by atoms with Gasteiger partial charge in [0.25, 0.3) is 5.78 Å². The van der Waals surface area contributed by atoms with Crippen molar-refractivity contribution in [2.75, 3.05) is 5.75 Å². The molecular formula is C21H21N5OS2. The van der Waals surface area contributed by atoms with Crippen molar-refractivity contribution in [1.82, 2.24) is 24.9 Å². The molecule has 0 aliphatic carbocycles. The molecule has 0 spiro atoms. The van der Waals surface area contributed by atoms with E-state index in [9.17, 15) is 4.79 Å². The molecule has 0 aliphatic heterocycles. The van der Waals surface area contributed by atoms with E-state index in [1.807, 2.05) is 49.6 Å². The molecule has 29 heavy (non-hydrogen) atoms. The first-order chi connectivity index (χ1) is 14.1. The van der Waals surface area contributed by atoms with Gasteiger partial charge in [0.15, 0.2) is 0 Å². The van der Waals surface area contributed by atoms with Crippen LogP contribution < -0.4 is 5.32 Å². The van der Waals surface area contributed by atoms with Gasteiger partial charge >= 0.3 is 0 Å². The van der Waals surface area contributed by atoms with Gasteiger partial charge in [-0.1, -0.05) is 48.2 Å². The van der Waals surface area contributed by atoms with E-state index in [-0.39, 0.29) is 11.7 Å². The van der Waals surface area contributed by atoms with Gasteiger partial charge in [0, 0.05) is 22.7 Å². The summed E-state index contributed by atoms with van der Waals surface area (Å²) in [7, 11) is 0. The molecule has 3 heterocycles. The average molecular weight is 424 g/mol. The molecule has 0 fully saturated rings. The maximum absolute atomic E-state index is 12.1. The lowest BCUT2D eigenvalue weighted by Crippen LogP contribution is -2.24. The van der Waals surface area contributed by atoms with E-state index in [2.05, 4.69) is 32.5 Å². The standard InChI is InChI=1S/C21H21N5OS2/c1-14-18(11-16-7-4-3-5-8-16)15(2)26-20(23-14)24-21(25-26)29-13-19(27)22-12-17-9-6-10-28-17/h3-10H,11-13H2,1-2H3,(H,22,27). The second-order valence-corrected chi connectivity index (χ2v) is 8.65. The van der Waals surface area contributed by atoms with Crippen LogP contribution in [0.3, 0.4) is 0 Å². The molecule has 0 atom stereocenters. The minimum atomic E-state index is -0.0344. The molecule has 8 heteroatoms. The number of amides is 1. The first kappa shape index (κ1) is 19.6. The summed E-state index contributed by atoms with van der Waals surface area (Å²) in [6.45, 7) is 4.60. The molecule has 4 aromatic rings. The van der Waals surface area contributed by atoms with Gasteiger partial charge in [-0.3, -0.25) is 4.79 Å².